The van der Waals surface area contributed by atoms with E-state index in [-0.39, 0.29) is 0 Å². The third-order valence-electron chi connectivity index (χ3n) is 4.32. The zero-order valence-electron chi connectivity index (χ0n) is 12.6. The minimum absolute atomic E-state index is 0.307. The standard InChI is InChI=1S/C16H24N2O2/c1-16(2,3)12-5-4-9-18(10-7-12)14-6-8-17-11-13(14)15(19)20/h6,8,11-12H,4-5,7,9-10H2,1-3H3,(H,19,20). The Balaban J connectivity index is 2.17. The summed E-state index contributed by atoms with van der Waals surface area (Å²) < 4.78 is 0. The monoisotopic (exact) mass is 276 g/mol. The van der Waals surface area contributed by atoms with Gasteiger partial charge in [-0.3, -0.25) is 4.98 Å². The molecule has 1 saturated heterocycles. The Morgan fingerprint density at radius 2 is 2.10 bits per heavy atom. The summed E-state index contributed by atoms with van der Waals surface area (Å²) in [7, 11) is 0. The first kappa shape index (κ1) is 14.8. The zero-order valence-corrected chi connectivity index (χ0v) is 12.6. The second-order valence-corrected chi connectivity index (χ2v) is 6.68. The van der Waals surface area contributed by atoms with E-state index in [1.807, 2.05) is 6.07 Å². The van der Waals surface area contributed by atoms with E-state index in [1.54, 1.807) is 6.20 Å². The summed E-state index contributed by atoms with van der Waals surface area (Å²) in [6, 6.07) is 1.82. The third-order valence-corrected chi connectivity index (χ3v) is 4.32. The molecule has 0 aromatic carbocycles. The lowest BCUT2D eigenvalue weighted by Crippen LogP contribution is -2.27. The second-order valence-electron chi connectivity index (χ2n) is 6.68. The van der Waals surface area contributed by atoms with Crippen LogP contribution >= 0.6 is 0 Å². The molecule has 0 saturated carbocycles. The van der Waals surface area contributed by atoms with Crippen LogP contribution in [0.2, 0.25) is 0 Å². The normalized spacial score (nSPS) is 20.6. The summed E-state index contributed by atoms with van der Waals surface area (Å²) in [6.45, 7) is 8.73. The topological polar surface area (TPSA) is 53.4 Å². The average molecular weight is 276 g/mol. The van der Waals surface area contributed by atoms with Crippen LogP contribution in [0.3, 0.4) is 0 Å². The molecule has 20 heavy (non-hydrogen) atoms. The summed E-state index contributed by atoms with van der Waals surface area (Å²) in [4.78, 5) is 17.4. The highest BCUT2D eigenvalue weighted by molar-refractivity contribution is 5.94. The number of carboxylic acids is 1. The van der Waals surface area contributed by atoms with Crippen molar-refractivity contribution in [1.29, 1.82) is 0 Å². The van der Waals surface area contributed by atoms with Gasteiger partial charge in [0.15, 0.2) is 0 Å². The van der Waals surface area contributed by atoms with Gasteiger partial charge in [0.1, 0.15) is 5.56 Å². The van der Waals surface area contributed by atoms with Gasteiger partial charge in [0.25, 0.3) is 0 Å². The molecule has 2 heterocycles. The molecule has 1 unspecified atom stereocenters. The van der Waals surface area contributed by atoms with Crippen LogP contribution in [0.1, 0.15) is 50.4 Å². The largest absolute Gasteiger partial charge is 0.478 e. The van der Waals surface area contributed by atoms with Gasteiger partial charge in [-0.05, 0) is 36.7 Å². The molecule has 1 aromatic rings. The molecule has 1 aliphatic rings. The molecule has 0 amide bonds. The van der Waals surface area contributed by atoms with Gasteiger partial charge >= 0.3 is 5.97 Å². The molecule has 110 valence electrons. The van der Waals surface area contributed by atoms with Crippen LogP contribution in [-0.2, 0) is 0 Å². The number of aromatic nitrogens is 1. The summed E-state index contributed by atoms with van der Waals surface area (Å²) in [6.07, 6.45) is 6.57. The Labute approximate surface area is 120 Å². The summed E-state index contributed by atoms with van der Waals surface area (Å²) >= 11 is 0. The van der Waals surface area contributed by atoms with Crippen LogP contribution in [0, 0.1) is 11.3 Å². The number of pyridine rings is 1. The molecule has 1 N–H and O–H groups in total. The van der Waals surface area contributed by atoms with Gasteiger partial charge in [0.05, 0.1) is 5.69 Å². The van der Waals surface area contributed by atoms with Crippen molar-refractivity contribution in [3.8, 4) is 0 Å². The summed E-state index contributed by atoms with van der Waals surface area (Å²) in [5, 5.41) is 9.28. The van der Waals surface area contributed by atoms with Crippen LogP contribution < -0.4 is 4.90 Å². The first-order valence-corrected chi connectivity index (χ1v) is 7.32. The molecular weight excluding hydrogens is 252 g/mol. The summed E-state index contributed by atoms with van der Waals surface area (Å²) in [5.41, 5.74) is 1.44. The number of nitrogens with zero attached hydrogens (tertiary/aromatic N) is 2. The van der Waals surface area contributed by atoms with Gasteiger partial charge in [-0.25, -0.2) is 4.79 Å². The minimum atomic E-state index is -0.898. The van der Waals surface area contributed by atoms with E-state index in [2.05, 4.69) is 30.7 Å². The number of carboxylic acid groups (broad SMARTS) is 1. The van der Waals surface area contributed by atoms with Crippen molar-refractivity contribution in [3.05, 3.63) is 24.0 Å². The van der Waals surface area contributed by atoms with Crippen molar-refractivity contribution in [1.82, 2.24) is 4.98 Å². The highest BCUT2D eigenvalue weighted by atomic mass is 16.4. The zero-order chi connectivity index (χ0) is 14.8. The third kappa shape index (κ3) is 3.30. The maximum absolute atomic E-state index is 11.3. The first-order valence-electron chi connectivity index (χ1n) is 7.32. The van der Waals surface area contributed by atoms with Gasteiger partial charge in [0.2, 0.25) is 0 Å². The van der Waals surface area contributed by atoms with E-state index in [0.29, 0.717) is 16.9 Å². The number of hydrogen-bond acceptors (Lipinski definition) is 3. The van der Waals surface area contributed by atoms with E-state index in [9.17, 15) is 9.90 Å². The van der Waals surface area contributed by atoms with Crippen LogP contribution in [0.15, 0.2) is 18.5 Å². The van der Waals surface area contributed by atoms with Crippen molar-refractivity contribution in [3.63, 3.8) is 0 Å². The first-order chi connectivity index (χ1) is 9.39. The maximum atomic E-state index is 11.3. The Morgan fingerprint density at radius 1 is 1.35 bits per heavy atom. The predicted molar refractivity (Wildman–Crippen MR) is 80.2 cm³/mol. The van der Waals surface area contributed by atoms with E-state index < -0.39 is 5.97 Å². The number of rotatable bonds is 2. The van der Waals surface area contributed by atoms with Crippen molar-refractivity contribution in [2.24, 2.45) is 11.3 Å². The number of hydrogen-bond donors (Lipinski definition) is 1. The Hall–Kier alpha value is -1.58. The van der Waals surface area contributed by atoms with Crippen LogP contribution in [0.4, 0.5) is 5.69 Å². The molecule has 0 spiro atoms. The molecule has 1 aliphatic heterocycles. The number of carbonyl (C=O) groups is 1. The maximum Gasteiger partial charge on any atom is 0.339 e. The molecule has 4 heteroatoms. The predicted octanol–water partition coefficient (Wildman–Crippen LogP) is 3.43. The molecule has 1 fully saturated rings. The van der Waals surface area contributed by atoms with E-state index in [0.717, 1.165) is 31.6 Å². The van der Waals surface area contributed by atoms with Crippen molar-refractivity contribution in [2.45, 2.75) is 40.0 Å². The molecule has 1 atom stereocenters. The summed E-state index contributed by atoms with van der Waals surface area (Å²) in [5.74, 6) is -0.202. The fraction of sp³-hybridized carbons (Fsp3) is 0.625. The molecule has 2 rings (SSSR count). The smallest absolute Gasteiger partial charge is 0.339 e. The van der Waals surface area contributed by atoms with Crippen LogP contribution in [-0.4, -0.2) is 29.1 Å². The SMILES string of the molecule is CC(C)(C)C1CCCN(c2ccncc2C(=O)O)CC1. The highest BCUT2D eigenvalue weighted by Gasteiger charge is 2.28. The van der Waals surface area contributed by atoms with E-state index in [1.165, 1.54) is 12.6 Å². The number of anilines is 1. The second kappa shape index (κ2) is 5.81. The van der Waals surface area contributed by atoms with Crippen molar-refractivity contribution < 1.29 is 9.90 Å². The quantitative estimate of drug-likeness (QED) is 0.899. The lowest BCUT2D eigenvalue weighted by Gasteiger charge is -2.30. The average Bonchev–Trinajstić information content (AvgIpc) is 2.63. The van der Waals surface area contributed by atoms with Gasteiger partial charge < -0.3 is 10.0 Å². The van der Waals surface area contributed by atoms with E-state index in [4.69, 9.17) is 0 Å². The minimum Gasteiger partial charge on any atom is -0.478 e. The van der Waals surface area contributed by atoms with Gasteiger partial charge in [-0.15, -0.1) is 0 Å². The molecule has 0 aliphatic carbocycles. The molecule has 0 bridgehead atoms. The number of aromatic carboxylic acids is 1. The Morgan fingerprint density at radius 3 is 2.75 bits per heavy atom. The van der Waals surface area contributed by atoms with Gasteiger partial charge in [-0.2, -0.15) is 0 Å². The molecular formula is C16H24N2O2. The molecule has 1 aromatic heterocycles. The van der Waals surface area contributed by atoms with E-state index >= 15 is 0 Å². The van der Waals surface area contributed by atoms with Crippen LogP contribution in [0.25, 0.3) is 0 Å². The highest BCUT2D eigenvalue weighted by Crippen LogP contribution is 2.35. The van der Waals surface area contributed by atoms with Gasteiger partial charge in [-0.1, -0.05) is 20.8 Å². The Bertz CT molecular complexity index is 480. The van der Waals surface area contributed by atoms with Gasteiger partial charge in [0, 0.05) is 25.5 Å². The lowest BCUT2D eigenvalue weighted by atomic mass is 9.77. The molecule has 0 radical (unpaired) electrons. The van der Waals surface area contributed by atoms with Crippen molar-refractivity contribution >= 4 is 11.7 Å². The van der Waals surface area contributed by atoms with Crippen LogP contribution in [0.5, 0.6) is 0 Å². The fourth-order valence-corrected chi connectivity index (χ4v) is 3.03. The Kier molecular flexibility index (Phi) is 4.31. The van der Waals surface area contributed by atoms with Crippen molar-refractivity contribution in [2.75, 3.05) is 18.0 Å². The lowest BCUT2D eigenvalue weighted by molar-refractivity contribution is 0.0697. The fourth-order valence-electron chi connectivity index (χ4n) is 3.03. The molecule has 4 nitrogen and oxygen atoms in total.